The third kappa shape index (κ3) is 3.42. The highest BCUT2D eigenvalue weighted by Crippen LogP contribution is 2.46. The Morgan fingerprint density at radius 2 is 2.00 bits per heavy atom. The van der Waals surface area contributed by atoms with Crippen molar-refractivity contribution in [2.75, 3.05) is 0 Å². The minimum atomic E-state index is -0.454. The molecule has 0 saturated carbocycles. The van der Waals surface area contributed by atoms with Crippen molar-refractivity contribution in [3.63, 3.8) is 0 Å². The Kier molecular flexibility index (Phi) is 5.12. The number of hydrogen-bond acceptors (Lipinski definition) is 4. The van der Waals surface area contributed by atoms with Crippen LogP contribution in [0.1, 0.15) is 38.8 Å². The molecule has 0 aliphatic carbocycles. The van der Waals surface area contributed by atoms with Gasteiger partial charge in [0.05, 0.1) is 6.04 Å². The number of halogens is 2. The third-order valence-corrected chi connectivity index (χ3v) is 6.28. The van der Waals surface area contributed by atoms with E-state index in [4.69, 9.17) is 23.2 Å². The summed E-state index contributed by atoms with van der Waals surface area (Å²) < 4.78 is 0. The van der Waals surface area contributed by atoms with Crippen molar-refractivity contribution in [1.29, 1.82) is 0 Å². The molecule has 1 aliphatic rings. The summed E-state index contributed by atoms with van der Waals surface area (Å²) in [6, 6.07) is 14.0. The van der Waals surface area contributed by atoms with Gasteiger partial charge in [-0.15, -0.1) is 0 Å². The maximum Gasteiger partial charge on any atom is 0.273 e. The normalized spacial score (nSPS) is 15.3. The fourth-order valence-electron chi connectivity index (χ4n) is 4.13. The Morgan fingerprint density at radius 3 is 2.75 bits per heavy atom. The van der Waals surface area contributed by atoms with E-state index in [0.717, 1.165) is 16.7 Å². The van der Waals surface area contributed by atoms with Crippen LogP contribution in [0.3, 0.4) is 0 Å². The molecule has 4 aromatic rings. The highest BCUT2D eigenvalue weighted by Gasteiger charge is 2.42. The lowest BCUT2D eigenvalue weighted by Gasteiger charge is -2.26. The van der Waals surface area contributed by atoms with E-state index in [1.165, 1.54) is 0 Å². The number of fused-ring (bicyclic) bond motifs is 1. The van der Waals surface area contributed by atoms with Crippen molar-refractivity contribution in [2.45, 2.75) is 19.5 Å². The lowest BCUT2D eigenvalue weighted by molar-refractivity contribution is 0.0730. The molecule has 5 rings (SSSR count). The number of carbonyl (C=O) groups excluding carboxylic acids is 1. The van der Waals surface area contributed by atoms with Crippen LogP contribution in [0.25, 0.3) is 11.3 Å². The van der Waals surface area contributed by atoms with Crippen LogP contribution >= 0.6 is 23.2 Å². The molecule has 1 atom stereocenters. The largest absolute Gasteiger partial charge is 0.507 e. The number of benzene rings is 2. The molecule has 6 nitrogen and oxygen atoms in total. The average Bonchev–Trinajstić information content (AvgIpc) is 3.31. The first-order valence-electron chi connectivity index (χ1n) is 9.97. The maximum absolute atomic E-state index is 13.4. The summed E-state index contributed by atoms with van der Waals surface area (Å²) in [7, 11) is 0. The van der Waals surface area contributed by atoms with Gasteiger partial charge in [0.2, 0.25) is 0 Å². The monoisotopic (exact) mass is 464 g/mol. The number of nitrogens with zero attached hydrogens (tertiary/aromatic N) is 3. The van der Waals surface area contributed by atoms with Crippen molar-refractivity contribution in [3.05, 3.63) is 98.9 Å². The number of aromatic hydroxyl groups is 1. The summed E-state index contributed by atoms with van der Waals surface area (Å²) in [4.78, 5) is 19.4. The van der Waals surface area contributed by atoms with E-state index in [0.29, 0.717) is 39.1 Å². The van der Waals surface area contributed by atoms with Crippen molar-refractivity contribution in [3.8, 4) is 17.0 Å². The number of pyridine rings is 1. The lowest BCUT2D eigenvalue weighted by Crippen LogP contribution is -2.29. The van der Waals surface area contributed by atoms with Crippen LogP contribution in [0.5, 0.6) is 5.75 Å². The van der Waals surface area contributed by atoms with Gasteiger partial charge in [0.25, 0.3) is 5.91 Å². The van der Waals surface area contributed by atoms with Gasteiger partial charge in [0, 0.05) is 40.1 Å². The summed E-state index contributed by atoms with van der Waals surface area (Å²) in [5, 5.41) is 19.0. The van der Waals surface area contributed by atoms with E-state index in [2.05, 4.69) is 15.2 Å². The zero-order valence-corrected chi connectivity index (χ0v) is 18.5. The van der Waals surface area contributed by atoms with Crippen molar-refractivity contribution < 1.29 is 9.90 Å². The number of rotatable bonds is 4. The molecule has 32 heavy (non-hydrogen) atoms. The van der Waals surface area contributed by atoms with Gasteiger partial charge in [0.15, 0.2) is 0 Å². The van der Waals surface area contributed by atoms with E-state index < -0.39 is 6.04 Å². The van der Waals surface area contributed by atoms with E-state index in [-0.39, 0.29) is 11.7 Å². The predicted octanol–water partition coefficient (Wildman–Crippen LogP) is 5.54. The van der Waals surface area contributed by atoms with Gasteiger partial charge in [0.1, 0.15) is 17.1 Å². The quantitative estimate of drug-likeness (QED) is 0.415. The second kappa shape index (κ2) is 7.97. The van der Waals surface area contributed by atoms with Crippen molar-refractivity contribution in [1.82, 2.24) is 20.1 Å². The minimum Gasteiger partial charge on any atom is -0.507 e. The van der Waals surface area contributed by atoms with Gasteiger partial charge >= 0.3 is 0 Å². The first kappa shape index (κ1) is 20.5. The third-order valence-electron chi connectivity index (χ3n) is 5.64. The molecule has 0 spiro atoms. The molecule has 2 aromatic heterocycles. The number of aromatic nitrogens is 3. The van der Waals surface area contributed by atoms with Crippen LogP contribution in [0.4, 0.5) is 0 Å². The Morgan fingerprint density at radius 1 is 1.16 bits per heavy atom. The zero-order valence-electron chi connectivity index (χ0n) is 17.0. The fraction of sp³-hybridized carbons (Fsp3) is 0.125. The van der Waals surface area contributed by atoms with Gasteiger partial charge in [-0.25, -0.2) is 0 Å². The molecule has 0 fully saturated rings. The van der Waals surface area contributed by atoms with E-state index in [1.807, 2.05) is 37.3 Å². The second-order valence-corrected chi connectivity index (χ2v) is 8.57. The van der Waals surface area contributed by atoms with Crippen LogP contribution < -0.4 is 0 Å². The summed E-state index contributed by atoms with van der Waals surface area (Å²) in [6.07, 6.45) is 3.43. The van der Waals surface area contributed by atoms with Crippen LogP contribution in [0.15, 0.2) is 60.9 Å². The molecule has 0 saturated heterocycles. The average molecular weight is 465 g/mol. The van der Waals surface area contributed by atoms with E-state index in [1.54, 1.807) is 35.5 Å². The smallest absolute Gasteiger partial charge is 0.273 e. The molecule has 8 heteroatoms. The highest BCUT2D eigenvalue weighted by atomic mass is 35.5. The Hall–Kier alpha value is -3.35. The fourth-order valence-corrected chi connectivity index (χ4v) is 4.49. The Labute approximate surface area is 194 Å². The number of carbonyl (C=O) groups is 1. The summed E-state index contributed by atoms with van der Waals surface area (Å²) >= 11 is 12.6. The van der Waals surface area contributed by atoms with Crippen LogP contribution in [-0.2, 0) is 6.54 Å². The molecule has 0 radical (unpaired) electrons. The van der Waals surface area contributed by atoms with E-state index >= 15 is 0 Å². The standard InChI is InChI=1S/C24H18Cl2N4O2/c1-13-8-19(31)17(10-18(13)26)21-20-22(29-28-21)24(32)30(12-14-4-3-7-27-11-14)23(20)15-5-2-6-16(25)9-15/h2-11,23,31H,12H2,1H3,(H,28,29)/t23-/m1/s1. The van der Waals surface area contributed by atoms with Crippen molar-refractivity contribution in [2.24, 2.45) is 0 Å². The number of nitrogens with one attached hydrogen (secondary N) is 1. The van der Waals surface area contributed by atoms with Gasteiger partial charge in [-0.05, 0) is 53.9 Å². The van der Waals surface area contributed by atoms with Gasteiger partial charge in [-0.3, -0.25) is 14.9 Å². The molecular formula is C24H18Cl2N4O2. The topological polar surface area (TPSA) is 82.1 Å². The molecule has 1 amide bonds. The summed E-state index contributed by atoms with van der Waals surface area (Å²) in [6.45, 7) is 2.17. The molecule has 3 heterocycles. The highest BCUT2D eigenvalue weighted by molar-refractivity contribution is 6.31. The van der Waals surface area contributed by atoms with Crippen LogP contribution in [0.2, 0.25) is 10.0 Å². The molecule has 160 valence electrons. The Bertz CT molecular complexity index is 1340. The minimum absolute atomic E-state index is 0.0456. The molecular weight excluding hydrogens is 447 g/mol. The number of aromatic amines is 1. The number of aryl methyl sites for hydroxylation is 1. The summed E-state index contributed by atoms with van der Waals surface area (Å²) in [5.41, 5.74) is 4.48. The maximum atomic E-state index is 13.4. The van der Waals surface area contributed by atoms with Gasteiger partial charge < -0.3 is 10.0 Å². The summed E-state index contributed by atoms with van der Waals surface area (Å²) in [5.74, 6) is -0.144. The van der Waals surface area contributed by atoms with Gasteiger partial charge in [-0.2, -0.15) is 5.10 Å². The zero-order chi connectivity index (χ0) is 22.4. The number of phenolic OH excluding ortho intramolecular Hbond substituents is 1. The lowest BCUT2D eigenvalue weighted by atomic mass is 9.95. The SMILES string of the molecule is Cc1cc(O)c(-c2n[nH]c3c2[C@@H](c2cccc(Cl)c2)N(Cc2cccnc2)C3=O)cc1Cl. The Balaban J connectivity index is 1.69. The predicted molar refractivity (Wildman–Crippen MR) is 123 cm³/mol. The van der Waals surface area contributed by atoms with Crippen molar-refractivity contribution >= 4 is 29.1 Å². The number of amides is 1. The molecule has 2 N–H and O–H groups in total. The van der Waals surface area contributed by atoms with Gasteiger partial charge in [-0.1, -0.05) is 41.4 Å². The number of H-pyrrole nitrogens is 1. The van der Waals surface area contributed by atoms with Crippen LogP contribution in [-0.4, -0.2) is 31.1 Å². The first-order chi connectivity index (χ1) is 15.4. The van der Waals surface area contributed by atoms with E-state index in [9.17, 15) is 9.90 Å². The number of hydrogen-bond donors (Lipinski definition) is 2. The molecule has 2 aromatic carbocycles. The first-order valence-corrected chi connectivity index (χ1v) is 10.7. The second-order valence-electron chi connectivity index (χ2n) is 7.73. The molecule has 0 unspecified atom stereocenters. The number of phenols is 1. The van der Waals surface area contributed by atoms with Crippen LogP contribution in [0, 0.1) is 6.92 Å². The molecule has 1 aliphatic heterocycles. The molecule has 0 bridgehead atoms.